The third-order valence-corrected chi connectivity index (χ3v) is 2.36. The zero-order chi connectivity index (χ0) is 10.7. The molecule has 14 heavy (non-hydrogen) atoms. The van der Waals surface area contributed by atoms with Gasteiger partial charge in [0.15, 0.2) is 6.29 Å². The van der Waals surface area contributed by atoms with Crippen molar-refractivity contribution in [2.45, 2.75) is 44.8 Å². The Balaban J connectivity index is 2.57. The lowest BCUT2D eigenvalue weighted by atomic mass is 9.99. The Hall–Kier alpha value is -0.650. The highest BCUT2D eigenvalue weighted by molar-refractivity contribution is 5.73. The third-order valence-electron chi connectivity index (χ3n) is 2.36. The van der Waals surface area contributed by atoms with E-state index in [4.69, 9.17) is 9.47 Å². The van der Waals surface area contributed by atoms with Gasteiger partial charge < -0.3 is 19.9 Å². The Morgan fingerprint density at radius 2 is 2.29 bits per heavy atom. The smallest absolute Gasteiger partial charge is 0.217 e. The second-order valence-electron chi connectivity index (χ2n) is 3.54. The van der Waals surface area contributed by atoms with Crippen molar-refractivity contribution in [3.05, 3.63) is 0 Å². The van der Waals surface area contributed by atoms with Gasteiger partial charge in [-0.05, 0) is 6.92 Å². The Kier molecular flexibility index (Phi) is 3.86. The first-order valence-electron chi connectivity index (χ1n) is 4.68. The molecule has 1 saturated heterocycles. The predicted octanol–water partition coefficient (Wildman–Crippen LogP) is -0.367. The zero-order valence-corrected chi connectivity index (χ0v) is 8.69. The second kappa shape index (κ2) is 4.72. The minimum Gasteiger partial charge on any atom is -0.388 e. The van der Waals surface area contributed by atoms with Gasteiger partial charge in [0.2, 0.25) is 5.91 Å². The largest absolute Gasteiger partial charge is 0.388 e. The third kappa shape index (κ3) is 2.67. The maximum atomic E-state index is 10.9. The minimum atomic E-state index is -0.676. The van der Waals surface area contributed by atoms with E-state index < -0.39 is 6.10 Å². The lowest BCUT2D eigenvalue weighted by molar-refractivity contribution is -0.214. The SMILES string of the molecule is CO[C@@H]1C[C@@H](NC(C)=O)[C@H](O)[C@@H](C)O1. The highest BCUT2D eigenvalue weighted by Gasteiger charge is 2.35. The summed E-state index contributed by atoms with van der Waals surface area (Å²) in [5.41, 5.74) is 0. The van der Waals surface area contributed by atoms with Crippen molar-refractivity contribution in [3.8, 4) is 0 Å². The lowest BCUT2D eigenvalue weighted by Gasteiger charge is -2.37. The molecule has 0 spiro atoms. The van der Waals surface area contributed by atoms with E-state index >= 15 is 0 Å². The van der Waals surface area contributed by atoms with Crippen LogP contribution in [0.4, 0.5) is 0 Å². The molecule has 4 atom stereocenters. The molecular formula is C9H17NO4. The quantitative estimate of drug-likeness (QED) is 0.642. The van der Waals surface area contributed by atoms with Gasteiger partial charge in [-0.3, -0.25) is 4.79 Å². The Morgan fingerprint density at radius 1 is 1.64 bits per heavy atom. The van der Waals surface area contributed by atoms with Crippen molar-refractivity contribution >= 4 is 5.91 Å². The fraction of sp³-hybridized carbons (Fsp3) is 0.889. The molecule has 0 bridgehead atoms. The standard InChI is InChI=1S/C9H17NO4/c1-5-9(12)7(10-6(2)11)4-8(13-3)14-5/h5,7-9,12H,4H2,1-3H3,(H,10,11)/t5-,7-,8+,9-/m1/s1. The van der Waals surface area contributed by atoms with E-state index in [2.05, 4.69) is 5.32 Å². The lowest BCUT2D eigenvalue weighted by Crippen LogP contribution is -2.54. The molecular weight excluding hydrogens is 186 g/mol. The van der Waals surface area contributed by atoms with Crippen molar-refractivity contribution in [2.24, 2.45) is 0 Å². The van der Waals surface area contributed by atoms with Crippen LogP contribution in [-0.4, -0.2) is 42.7 Å². The number of amides is 1. The van der Waals surface area contributed by atoms with E-state index in [0.29, 0.717) is 6.42 Å². The summed E-state index contributed by atoms with van der Waals surface area (Å²) in [6, 6.07) is -0.291. The van der Waals surface area contributed by atoms with Crippen LogP contribution in [0.1, 0.15) is 20.3 Å². The van der Waals surface area contributed by atoms with E-state index in [9.17, 15) is 9.90 Å². The summed E-state index contributed by atoms with van der Waals surface area (Å²) in [4.78, 5) is 10.9. The summed E-state index contributed by atoms with van der Waals surface area (Å²) in [6.45, 7) is 3.18. The van der Waals surface area contributed by atoms with Crippen LogP contribution < -0.4 is 5.32 Å². The van der Waals surface area contributed by atoms with Gasteiger partial charge in [0.25, 0.3) is 0 Å². The summed E-state index contributed by atoms with van der Waals surface area (Å²) >= 11 is 0. The molecule has 5 nitrogen and oxygen atoms in total. The van der Waals surface area contributed by atoms with Gasteiger partial charge in [-0.15, -0.1) is 0 Å². The van der Waals surface area contributed by atoms with Gasteiger partial charge >= 0.3 is 0 Å². The number of nitrogens with one attached hydrogen (secondary N) is 1. The van der Waals surface area contributed by atoms with Crippen LogP contribution in [0.15, 0.2) is 0 Å². The molecule has 0 aromatic rings. The van der Waals surface area contributed by atoms with Gasteiger partial charge in [-0.1, -0.05) is 0 Å². The molecule has 1 aliphatic rings. The molecule has 5 heteroatoms. The number of carbonyl (C=O) groups excluding carboxylic acids is 1. The van der Waals surface area contributed by atoms with Crippen molar-refractivity contribution in [1.29, 1.82) is 0 Å². The maximum absolute atomic E-state index is 10.9. The summed E-state index contributed by atoms with van der Waals surface area (Å²) in [5, 5.41) is 12.4. The Bertz CT molecular complexity index is 209. The number of carbonyl (C=O) groups is 1. The Morgan fingerprint density at radius 3 is 2.79 bits per heavy atom. The van der Waals surface area contributed by atoms with Crippen molar-refractivity contribution in [1.82, 2.24) is 5.32 Å². The summed E-state index contributed by atoms with van der Waals surface area (Å²) in [5.74, 6) is -0.155. The van der Waals surface area contributed by atoms with E-state index in [1.807, 2.05) is 0 Å². The average Bonchev–Trinajstić information content (AvgIpc) is 2.11. The highest BCUT2D eigenvalue weighted by atomic mass is 16.7. The first-order valence-corrected chi connectivity index (χ1v) is 4.68. The molecule has 0 saturated carbocycles. The molecule has 0 aromatic heterocycles. The minimum absolute atomic E-state index is 0.155. The number of ether oxygens (including phenoxy) is 2. The molecule has 0 radical (unpaired) electrons. The molecule has 1 amide bonds. The average molecular weight is 203 g/mol. The molecule has 1 heterocycles. The molecule has 0 aliphatic carbocycles. The summed E-state index contributed by atoms with van der Waals surface area (Å²) < 4.78 is 10.4. The van der Waals surface area contributed by atoms with Crippen LogP contribution in [0.2, 0.25) is 0 Å². The monoisotopic (exact) mass is 203 g/mol. The van der Waals surface area contributed by atoms with E-state index in [0.717, 1.165) is 0 Å². The van der Waals surface area contributed by atoms with Crippen LogP contribution >= 0.6 is 0 Å². The van der Waals surface area contributed by atoms with Crippen LogP contribution in [0.3, 0.4) is 0 Å². The normalized spacial score (nSPS) is 38.0. The molecule has 1 rings (SSSR count). The number of aliphatic hydroxyl groups is 1. The molecule has 2 N–H and O–H groups in total. The van der Waals surface area contributed by atoms with Gasteiger partial charge in [0.1, 0.15) is 6.10 Å². The van der Waals surface area contributed by atoms with Crippen molar-refractivity contribution < 1.29 is 19.4 Å². The number of aliphatic hydroxyl groups excluding tert-OH is 1. The van der Waals surface area contributed by atoms with Crippen LogP contribution in [-0.2, 0) is 14.3 Å². The van der Waals surface area contributed by atoms with Gasteiger partial charge in [0, 0.05) is 20.5 Å². The molecule has 1 aliphatic heterocycles. The molecule has 0 aromatic carbocycles. The maximum Gasteiger partial charge on any atom is 0.217 e. The predicted molar refractivity (Wildman–Crippen MR) is 49.6 cm³/mol. The van der Waals surface area contributed by atoms with Crippen LogP contribution in [0.5, 0.6) is 0 Å². The Labute approximate surface area is 83.4 Å². The second-order valence-corrected chi connectivity index (χ2v) is 3.54. The van der Waals surface area contributed by atoms with E-state index in [-0.39, 0.29) is 24.3 Å². The van der Waals surface area contributed by atoms with Crippen LogP contribution in [0, 0.1) is 0 Å². The highest BCUT2D eigenvalue weighted by Crippen LogP contribution is 2.20. The van der Waals surface area contributed by atoms with Gasteiger partial charge in [-0.2, -0.15) is 0 Å². The van der Waals surface area contributed by atoms with Crippen LogP contribution in [0.25, 0.3) is 0 Å². The van der Waals surface area contributed by atoms with Gasteiger partial charge in [-0.25, -0.2) is 0 Å². The van der Waals surface area contributed by atoms with Crippen molar-refractivity contribution in [2.75, 3.05) is 7.11 Å². The number of hydrogen-bond donors (Lipinski definition) is 2. The number of hydrogen-bond acceptors (Lipinski definition) is 4. The molecule has 0 unspecified atom stereocenters. The van der Waals surface area contributed by atoms with E-state index in [1.54, 1.807) is 14.0 Å². The first-order chi connectivity index (χ1) is 6.54. The fourth-order valence-electron chi connectivity index (χ4n) is 1.61. The summed E-state index contributed by atoms with van der Waals surface area (Å²) in [7, 11) is 1.54. The number of methoxy groups -OCH3 is 1. The first kappa shape index (κ1) is 11.4. The molecule has 1 fully saturated rings. The fourth-order valence-corrected chi connectivity index (χ4v) is 1.61. The number of rotatable bonds is 2. The zero-order valence-electron chi connectivity index (χ0n) is 8.69. The van der Waals surface area contributed by atoms with Gasteiger partial charge in [0.05, 0.1) is 12.1 Å². The molecule has 82 valence electrons. The van der Waals surface area contributed by atoms with E-state index in [1.165, 1.54) is 6.92 Å². The topological polar surface area (TPSA) is 67.8 Å². The van der Waals surface area contributed by atoms with Crippen molar-refractivity contribution in [3.63, 3.8) is 0 Å². The summed E-state index contributed by atoms with van der Waals surface area (Å²) in [6.07, 6.45) is -0.886.